The number of carboxylic acids is 1. The summed E-state index contributed by atoms with van der Waals surface area (Å²) in [6.07, 6.45) is 2.40. The van der Waals surface area contributed by atoms with Gasteiger partial charge in [0.15, 0.2) is 6.17 Å². The summed E-state index contributed by atoms with van der Waals surface area (Å²) in [5.41, 5.74) is 0.397. The summed E-state index contributed by atoms with van der Waals surface area (Å²) in [6.45, 7) is 0.181. The van der Waals surface area contributed by atoms with Crippen molar-refractivity contribution in [1.82, 2.24) is 15.1 Å². The quantitative estimate of drug-likeness (QED) is 0.590. The van der Waals surface area contributed by atoms with E-state index in [-0.39, 0.29) is 30.5 Å². The van der Waals surface area contributed by atoms with Gasteiger partial charge in [-0.25, -0.2) is 8.78 Å². The number of nitrogens with one attached hydrogen (secondary N) is 1. The topological polar surface area (TPSA) is 107 Å². The maximum Gasteiger partial charge on any atom is 0.305 e. The van der Waals surface area contributed by atoms with E-state index in [0.717, 1.165) is 37.5 Å². The van der Waals surface area contributed by atoms with E-state index in [1.54, 1.807) is 0 Å². The summed E-state index contributed by atoms with van der Waals surface area (Å²) in [5.74, 6) is -4.16. The molecule has 8 nitrogen and oxygen atoms in total. The van der Waals surface area contributed by atoms with Crippen molar-refractivity contribution in [3.8, 4) is 0 Å². The molecule has 2 unspecified atom stereocenters. The average molecular weight is 514 g/mol. The highest BCUT2D eigenvalue weighted by Crippen LogP contribution is 2.29. The molecule has 0 spiro atoms. The van der Waals surface area contributed by atoms with Gasteiger partial charge in [0.1, 0.15) is 11.6 Å². The molecule has 4 rings (SSSR count). The minimum absolute atomic E-state index is 0.0328. The van der Waals surface area contributed by atoms with Crippen LogP contribution in [0.5, 0.6) is 0 Å². The van der Waals surface area contributed by atoms with E-state index in [1.807, 2.05) is 0 Å². The third-order valence-electron chi connectivity index (χ3n) is 6.94. The second kappa shape index (κ2) is 11.5. The van der Waals surface area contributed by atoms with Crippen LogP contribution in [0, 0.1) is 17.6 Å². The molecule has 0 radical (unpaired) electrons. The Hall–Kier alpha value is -3.82. The van der Waals surface area contributed by atoms with Crippen molar-refractivity contribution in [1.29, 1.82) is 0 Å². The molecule has 3 amide bonds. The van der Waals surface area contributed by atoms with E-state index in [1.165, 1.54) is 40.1 Å². The van der Waals surface area contributed by atoms with Crippen molar-refractivity contribution in [3.63, 3.8) is 0 Å². The van der Waals surface area contributed by atoms with Crippen molar-refractivity contribution < 1.29 is 33.1 Å². The van der Waals surface area contributed by atoms with Crippen molar-refractivity contribution in [3.05, 3.63) is 71.3 Å². The molecule has 1 heterocycles. The predicted molar refractivity (Wildman–Crippen MR) is 129 cm³/mol. The fourth-order valence-electron chi connectivity index (χ4n) is 5.09. The molecule has 37 heavy (non-hydrogen) atoms. The van der Waals surface area contributed by atoms with E-state index < -0.39 is 48.0 Å². The molecular formula is C27H29F2N3O5. The Balaban J connectivity index is 1.64. The highest BCUT2D eigenvalue weighted by molar-refractivity contribution is 5.99. The molecule has 196 valence electrons. The number of carboxylic acid groups (broad SMARTS) is 1. The van der Waals surface area contributed by atoms with Gasteiger partial charge in [0.2, 0.25) is 5.91 Å². The smallest absolute Gasteiger partial charge is 0.305 e. The molecule has 2 atom stereocenters. The molecule has 2 N–H and O–H groups in total. The number of hydrogen-bond acceptors (Lipinski definition) is 4. The lowest BCUT2D eigenvalue weighted by Gasteiger charge is -2.33. The maximum atomic E-state index is 13.8. The van der Waals surface area contributed by atoms with Gasteiger partial charge in [-0.15, -0.1) is 0 Å². The summed E-state index contributed by atoms with van der Waals surface area (Å²) in [6, 6.07) is 9.11. The number of carbonyl (C=O) groups is 4. The number of carbonyl (C=O) groups excluding carboxylic acids is 3. The molecule has 2 fully saturated rings. The number of amides is 3. The predicted octanol–water partition coefficient (Wildman–Crippen LogP) is 3.49. The van der Waals surface area contributed by atoms with Gasteiger partial charge < -0.3 is 20.2 Å². The second-order valence-corrected chi connectivity index (χ2v) is 9.46. The van der Waals surface area contributed by atoms with Crippen LogP contribution in [0.2, 0.25) is 0 Å². The summed E-state index contributed by atoms with van der Waals surface area (Å²) in [4.78, 5) is 54.6. The number of nitrogens with zero attached hydrogens (tertiary/aromatic N) is 2. The first kappa shape index (κ1) is 26.2. The third-order valence-corrected chi connectivity index (χ3v) is 6.94. The fourth-order valence-corrected chi connectivity index (χ4v) is 5.09. The monoisotopic (exact) mass is 513 g/mol. The van der Waals surface area contributed by atoms with Crippen LogP contribution in [0.15, 0.2) is 48.5 Å². The summed E-state index contributed by atoms with van der Waals surface area (Å²) < 4.78 is 27.3. The molecule has 2 aromatic rings. The Labute approximate surface area is 213 Å². The first-order valence-electron chi connectivity index (χ1n) is 12.4. The number of benzene rings is 2. The zero-order valence-electron chi connectivity index (χ0n) is 20.2. The van der Waals surface area contributed by atoms with Gasteiger partial charge >= 0.3 is 5.97 Å². The van der Waals surface area contributed by atoms with Crippen LogP contribution in [0.25, 0.3) is 0 Å². The lowest BCUT2D eigenvalue weighted by Crippen LogP contribution is -2.55. The third kappa shape index (κ3) is 6.12. The SMILES string of the molecule is O=C(O)CC(NC(=O)C1N(C(=O)c2cccc(F)c2)CCN1C(=O)C1CCCCC1)c1ccc(F)cc1. The van der Waals surface area contributed by atoms with Crippen molar-refractivity contribution in [2.24, 2.45) is 5.92 Å². The standard InChI is InChI=1S/C27H29F2N3O5/c28-20-11-9-17(10-12-20)22(16-23(33)34)30-24(35)25-31(26(36)18-5-2-1-3-6-18)13-14-32(25)27(37)19-7-4-8-21(29)15-19/h4,7-12,15,18,22,25H,1-3,5-6,13-14,16H2,(H,30,35)(H,33,34). The first-order chi connectivity index (χ1) is 17.7. The Kier molecular flexibility index (Phi) is 8.15. The van der Waals surface area contributed by atoms with Gasteiger partial charge in [-0.2, -0.15) is 0 Å². The molecule has 2 aliphatic rings. The molecule has 1 saturated carbocycles. The van der Waals surface area contributed by atoms with Crippen LogP contribution >= 0.6 is 0 Å². The van der Waals surface area contributed by atoms with Gasteiger partial charge in [-0.3, -0.25) is 19.2 Å². The normalized spacial score (nSPS) is 18.9. The summed E-state index contributed by atoms with van der Waals surface area (Å²) in [7, 11) is 0. The van der Waals surface area contributed by atoms with Crippen molar-refractivity contribution >= 4 is 23.7 Å². The molecule has 1 aliphatic heterocycles. The van der Waals surface area contributed by atoms with Gasteiger partial charge in [-0.1, -0.05) is 37.5 Å². The average Bonchev–Trinajstić information content (AvgIpc) is 3.33. The van der Waals surface area contributed by atoms with Crippen LogP contribution < -0.4 is 5.32 Å². The van der Waals surface area contributed by atoms with Gasteiger partial charge in [0.25, 0.3) is 11.8 Å². The highest BCUT2D eigenvalue weighted by Gasteiger charge is 2.45. The minimum Gasteiger partial charge on any atom is -0.481 e. The van der Waals surface area contributed by atoms with E-state index in [0.29, 0.717) is 18.4 Å². The Morgan fingerprint density at radius 1 is 0.919 bits per heavy atom. The minimum atomic E-state index is -1.33. The van der Waals surface area contributed by atoms with Gasteiger partial charge in [0.05, 0.1) is 12.5 Å². The fraction of sp³-hybridized carbons (Fsp3) is 0.407. The lowest BCUT2D eigenvalue weighted by atomic mass is 9.88. The molecular weight excluding hydrogens is 484 g/mol. The molecule has 0 aromatic heterocycles. The van der Waals surface area contributed by atoms with E-state index >= 15 is 0 Å². The molecule has 10 heteroatoms. The highest BCUT2D eigenvalue weighted by atomic mass is 19.1. The van der Waals surface area contributed by atoms with Gasteiger partial charge in [0, 0.05) is 24.6 Å². The Morgan fingerprint density at radius 2 is 1.59 bits per heavy atom. The van der Waals surface area contributed by atoms with Crippen LogP contribution in [0.1, 0.15) is 60.5 Å². The summed E-state index contributed by atoms with van der Waals surface area (Å²) in [5, 5.41) is 12.1. The molecule has 1 aliphatic carbocycles. The van der Waals surface area contributed by atoms with E-state index in [4.69, 9.17) is 0 Å². The Bertz CT molecular complexity index is 1170. The van der Waals surface area contributed by atoms with E-state index in [2.05, 4.69) is 5.32 Å². The number of halogens is 2. The molecule has 1 saturated heterocycles. The van der Waals surface area contributed by atoms with Crippen LogP contribution in [-0.2, 0) is 14.4 Å². The van der Waals surface area contributed by atoms with Crippen molar-refractivity contribution in [2.75, 3.05) is 13.1 Å². The zero-order chi connectivity index (χ0) is 26.5. The number of aliphatic carboxylic acids is 1. The van der Waals surface area contributed by atoms with Gasteiger partial charge in [-0.05, 0) is 48.7 Å². The van der Waals surface area contributed by atoms with Crippen molar-refractivity contribution in [2.45, 2.75) is 50.7 Å². The second-order valence-electron chi connectivity index (χ2n) is 9.46. The molecule has 0 bridgehead atoms. The van der Waals surface area contributed by atoms with Crippen LogP contribution in [-0.4, -0.2) is 57.9 Å². The maximum absolute atomic E-state index is 13.8. The largest absolute Gasteiger partial charge is 0.481 e. The number of rotatable bonds is 7. The van der Waals surface area contributed by atoms with Crippen LogP contribution in [0.4, 0.5) is 8.78 Å². The summed E-state index contributed by atoms with van der Waals surface area (Å²) >= 11 is 0. The number of hydrogen-bond donors (Lipinski definition) is 2. The Morgan fingerprint density at radius 3 is 2.24 bits per heavy atom. The first-order valence-corrected chi connectivity index (χ1v) is 12.4. The lowest BCUT2D eigenvalue weighted by molar-refractivity contribution is -0.145. The molecule has 2 aromatic carbocycles. The zero-order valence-corrected chi connectivity index (χ0v) is 20.2. The van der Waals surface area contributed by atoms with Crippen LogP contribution in [0.3, 0.4) is 0 Å². The van der Waals surface area contributed by atoms with E-state index in [9.17, 15) is 33.1 Å².